The van der Waals surface area contributed by atoms with Crippen LogP contribution in [-0.2, 0) is 29.1 Å². The van der Waals surface area contributed by atoms with E-state index in [0.29, 0.717) is 51.3 Å². The van der Waals surface area contributed by atoms with E-state index in [1.54, 1.807) is 0 Å². The van der Waals surface area contributed by atoms with Crippen LogP contribution in [0.25, 0.3) is 10.8 Å². The van der Waals surface area contributed by atoms with Crippen LogP contribution in [-0.4, -0.2) is 89.7 Å². The summed E-state index contributed by atoms with van der Waals surface area (Å²) in [7, 11) is 2.18. The van der Waals surface area contributed by atoms with Gasteiger partial charge in [0.05, 0.1) is 31.3 Å². The van der Waals surface area contributed by atoms with E-state index in [9.17, 15) is 10.1 Å². The summed E-state index contributed by atoms with van der Waals surface area (Å²) in [6.45, 7) is 8.84. The first-order valence-corrected chi connectivity index (χ1v) is 17.8. The molecule has 1 aromatic heterocycles. The Morgan fingerprint density at radius 1 is 0.960 bits per heavy atom. The number of anilines is 2. The van der Waals surface area contributed by atoms with Crippen LogP contribution in [0.1, 0.15) is 49.9 Å². The molecule has 3 aliphatic heterocycles. The Labute approximate surface area is 295 Å². The lowest BCUT2D eigenvalue weighted by Gasteiger charge is -2.42. The summed E-state index contributed by atoms with van der Waals surface area (Å²) in [5, 5.41) is 12.2. The molecule has 1 unspecified atom stereocenters. The fraction of sp³-hybridized carbons (Fsp3) is 0.450. The Morgan fingerprint density at radius 3 is 2.56 bits per heavy atom. The second kappa shape index (κ2) is 14.6. The minimum Gasteiger partial charge on any atom is -0.462 e. The highest BCUT2D eigenvalue weighted by atomic mass is 16.5. The molecule has 0 amide bonds. The maximum absolute atomic E-state index is 12.9. The Balaban J connectivity index is 1.12. The summed E-state index contributed by atoms with van der Waals surface area (Å²) < 4.78 is 12.0. The van der Waals surface area contributed by atoms with E-state index in [1.807, 2.05) is 30.3 Å². The zero-order chi connectivity index (χ0) is 34.7. The molecule has 0 bridgehead atoms. The highest BCUT2D eigenvalue weighted by Gasteiger charge is 2.37. The second-order valence-corrected chi connectivity index (χ2v) is 14.4. The molecule has 2 atom stereocenters. The summed E-state index contributed by atoms with van der Waals surface area (Å²) in [4.78, 5) is 32.2. The molecule has 10 nitrogen and oxygen atoms in total. The van der Waals surface area contributed by atoms with Crippen molar-refractivity contribution in [3.63, 3.8) is 0 Å². The van der Waals surface area contributed by atoms with Gasteiger partial charge in [0.15, 0.2) is 0 Å². The number of aromatic nitrogens is 2. The maximum Gasteiger partial charge on any atom is 0.320 e. The van der Waals surface area contributed by atoms with E-state index >= 15 is 0 Å². The normalized spacial score (nSPS) is 20.8. The average Bonchev–Trinajstić information content (AvgIpc) is 3.40. The number of nitrogens with zero attached hydrogens (tertiary/aromatic N) is 7. The lowest BCUT2D eigenvalue weighted by molar-refractivity contribution is -0.147. The summed E-state index contributed by atoms with van der Waals surface area (Å²) in [6, 6.07) is 27.6. The van der Waals surface area contributed by atoms with Gasteiger partial charge in [0.25, 0.3) is 0 Å². The molecule has 4 heterocycles. The van der Waals surface area contributed by atoms with Gasteiger partial charge in [-0.2, -0.15) is 15.2 Å². The molecule has 260 valence electrons. The average molecular weight is 674 g/mol. The van der Waals surface area contributed by atoms with Crippen molar-refractivity contribution in [2.24, 2.45) is 0 Å². The third kappa shape index (κ3) is 7.25. The molecule has 10 heteroatoms. The van der Waals surface area contributed by atoms with Gasteiger partial charge in [-0.05, 0) is 57.2 Å². The monoisotopic (exact) mass is 673 g/mol. The molecular weight excluding hydrogens is 626 g/mol. The first kappa shape index (κ1) is 33.8. The number of likely N-dealkylation sites (N-methyl/N-ethyl adjacent to an activating group) is 1. The number of benzene rings is 3. The van der Waals surface area contributed by atoms with Gasteiger partial charge in [-0.15, -0.1) is 0 Å². The fourth-order valence-corrected chi connectivity index (χ4v) is 7.70. The molecule has 3 aliphatic rings. The van der Waals surface area contributed by atoms with Gasteiger partial charge in [0.1, 0.15) is 19.0 Å². The van der Waals surface area contributed by atoms with Crippen LogP contribution in [0.2, 0.25) is 0 Å². The van der Waals surface area contributed by atoms with E-state index in [2.05, 4.69) is 89.0 Å². The number of carbonyl (C=O) groups excluding carboxylic acids is 1. The first-order valence-electron chi connectivity index (χ1n) is 17.8. The van der Waals surface area contributed by atoms with Crippen molar-refractivity contribution in [1.29, 1.82) is 5.26 Å². The highest BCUT2D eigenvalue weighted by Crippen LogP contribution is 2.36. The first-order chi connectivity index (χ1) is 24.3. The predicted molar refractivity (Wildman–Crippen MR) is 195 cm³/mol. The van der Waals surface area contributed by atoms with Crippen molar-refractivity contribution < 1.29 is 14.3 Å². The van der Waals surface area contributed by atoms with Crippen molar-refractivity contribution in [3.05, 3.63) is 89.6 Å². The predicted octanol–water partition coefficient (Wildman–Crippen LogP) is 5.59. The number of likely N-dealkylation sites (tertiary alicyclic amines) is 1. The highest BCUT2D eigenvalue weighted by molar-refractivity contribution is 5.94. The van der Waals surface area contributed by atoms with E-state index < -0.39 is 0 Å². The van der Waals surface area contributed by atoms with Crippen LogP contribution < -0.4 is 14.5 Å². The maximum atomic E-state index is 12.9. The minimum absolute atomic E-state index is 0.137. The van der Waals surface area contributed by atoms with Gasteiger partial charge in [0.2, 0.25) is 0 Å². The number of esters is 1. The quantitative estimate of drug-likeness (QED) is 0.198. The molecular formula is C40H47N7O3. The SMILES string of the molecule is CN1[C@H](COc2nc3c(c(N4CCN(CC(=O)OCc5ccccc5)C(CC#N)C4)n2)CCN(c2cccc4ccccc24)C3)CCC1(C)C. The number of piperazine rings is 1. The van der Waals surface area contributed by atoms with E-state index in [1.165, 1.54) is 16.5 Å². The molecule has 0 radical (unpaired) electrons. The van der Waals surface area contributed by atoms with Crippen molar-refractivity contribution in [3.8, 4) is 12.1 Å². The van der Waals surface area contributed by atoms with Gasteiger partial charge in [-0.1, -0.05) is 66.7 Å². The smallest absolute Gasteiger partial charge is 0.320 e. The van der Waals surface area contributed by atoms with Gasteiger partial charge in [0, 0.05) is 60.4 Å². The second-order valence-electron chi connectivity index (χ2n) is 14.4. The molecule has 2 fully saturated rings. The van der Waals surface area contributed by atoms with Crippen LogP contribution in [0, 0.1) is 11.3 Å². The Hall–Kier alpha value is -4.72. The Kier molecular flexibility index (Phi) is 9.88. The van der Waals surface area contributed by atoms with E-state index in [0.717, 1.165) is 48.4 Å². The van der Waals surface area contributed by atoms with Crippen LogP contribution in [0.4, 0.5) is 11.5 Å². The summed E-state index contributed by atoms with van der Waals surface area (Å²) >= 11 is 0. The number of fused-ring (bicyclic) bond motifs is 2. The van der Waals surface area contributed by atoms with Crippen LogP contribution >= 0.6 is 0 Å². The van der Waals surface area contributed by atoms with Crippen LogP contribution in [0.5, 0.6) is 6.01 Å². The third-order valence-corrected chi connectivity index (χ3v) is 10.9. The fourth-order valence-electron chi connectivity index (χ4n) is 7.70. The van der Waals surface area contributed by atoms with Gasteiger partial charge in [-0.3, -0.25) is 14.6 Å². The number of hydrogen-bond donors (Lipinski definition) is 0. The zero-order valence-electron chi connectivity index (χ0n) is 29.4. The number of rotatable bonds is 10. The number of ether oxygens (including phenoxy) is 2. The Bertz CT molecular complexity index is 1850. The standard InChI is InChI=1S/C40H47N7O3/c1-40(2)19-16-32(44(40)3)28-50-39-42-35-25-46(36-15-9-13-30-12-7-8-14-33(30)36)21-18-34(35)38(43-39)47-23-22-45(31(24-47)17-20-41)26-37(48)49-27-29-10-5-4-6-11-29/h4-15,31-32H,16-19,21-28H2,1-3H3/t31?,32-/m0/s1. The molecule has 2 saturated heterocycles. The van der Waals surface area contributed by atoms with Gasteiger partial charge >= 0.3 is 12.0 Å². The molecule has 50 heavy (non-hydrogen) atoms. The van der Waals surface area contributed by atoms with E-state index in [4.69, 9.17) is 19.4 Å². The summed E-state index contributed by atoms with van der Waals surface area (Å²) in [6.07, 6.45) is 3.29. The topological polar surface area (TPSA) is 98.1 Å². The molecule has 0 spiro atoms. The number of nitriles is 1. The summed E-state index contributed by atoms with van der Waals surface area (Å²) in [5.74, 6) is 0.603. The van der Waals surface area contributed by atoms with E-state index in [-0.39, 0.29) is 30.7 Å². The van der Waals surface area contributed by atoms with Gasteiger partial charge < -0.3 is 19.3 Å². The zero-order valence-corrected chi connectivity index (χ0v) is 29.4. The van der Waals surface area contributed by atoms with Crippen molar-refractivity contribution >= 4 is 28.2 Å². The molecule has 0 saturated carbocycles. The molecule has 7 rings (SSSR count). The lowest BCUT2D eigenvalue weighted by Crippen LogP contribution is -2.55. The van der Waals surface area contributed by atoms with Crippen LogP contribution in [0.15, 0.2) is 72.8 Å². The minimum atomic E-state index is -0.283. The van der Waals surface area contributed by atoms with Gasteiger partial charge in [-0.25, -0.2) is 0 Å². The Morgan fingerprint density at radius 2 is 1.76 bits per heavy atom. The molecule has 4 aromatic rings. The number of carbonyl (C=O) groups is 1. The molecule has 3 aromatic carbocycles. The molecule has 0 aliphatic carbocycles. The summed E-state index contributed by atoms with van der Waals surface area (Å²) in [5.41, 5.74) is 4.41. The lowest BCUT2D eigenvalue weighted by atomic mass is 10.0. The third-order valence-electron chi connectivity index (χ3n) is 10.9. The van der Waals surface area contributed by atoms with Crippen molar-refractivity contribution in [2.45, 2.75) is 70.3 Å². The largest absolute Gasteiger partial charge is 0.462 e. The molecule has 0 N–H and O–H groups in total. The number of hydrogen-bond acceptors (Lipinski definition) is 10. The van der Waals surface area contributed by atoms with Crippen LogP contribution in [0.3, 0.4) is 0 Å². The van der Waals surface area contributed by atoms with Crippen molar-refractivity contribution in [1.82, 2.24) is 19.8 Å². The van der Waals surface area contributed by atoms with Crippen molar-refractivity contribution in [2.75, 3.05) is 56.2 Å².